The van der Waals surface area contributed by atoms with Crippen LogP contribution in [0.3, 0.4) is 0 Å². The quantitative estimate of drug-likeness (QED) is 0.792. The van der Waals surface area contributed by atoms with Gasteiger partial charge in [-0.3, -0.25) is 0 Å². The van der Waals surface area contributed by atoms with Gasteiger partial charge >= 0.3 is 0 Å². The molecular weight excluding hydrogens is 226 g/mol. The summed E-state index contributed by atoms with van der Waals surface area (Å²) < 4.78 is 5.00. The van der Waals surface area contributed by atoms with Gasteiger partial charge in [0.15, 0.2) is 0 Å². The molecule has 1 heterocycles. The van der Waals surface area contributed by atoms with Crippen molar-refractivity contribution < 1.29 is 4.74 Å². The highest BCUT2D eigenvalue weighted by atomic mass is 16.5. The zero-order valence-electron chi connectivity index (χ0n) is 10.5. The van der Waals surface area contributed by atoms with Crippen LogP contribution < -0.4 is 5.32 Å². The molecule has 2 rings (SSSR count). The van der Waals surface area contributed by atoms with Gasteiger partial charge in [-0.25, -0.2) is 9.97 Å². The molecule has 0 spiro atoms. The fraction of sp³-hybridized carbons (Fsp3) is 0.286. The average molecular weight is 243 g/mol. The molecule has 1 N–H and O–H groups in total. The predicted octanol–water partition coefficient (Wildman–Crippen LogP) is 2.59. The van der Waals surface area contributed by atoms with Crippen LogP contribution in [0.2, 0.25) is 0 Å². The van der Waals surface area contributed by atoms with Crippen molar-refractivity contribution >= 4 is 5.82 Å². The molecule has 4 nitrogen and oxygen atoms in total. The van der Waals surface area contributed by atoms with Gasteiger partial charge in [0.2, 0.25) is 0 Å². The van der Waals surface area contributed by atoms with E-state index in [-0.39, 0.29) is 0 Å². The van der Waals surface area contributed by atoms with Crippen LogP contribution in [0.4, 0.5) is 5.82 Å². The van der Waals surface area contributed by atoms with E-state index in [0.29, 0.717) is 0 Å². The van der Waals surface area contributed by atoms with E-state index in [1.165, 1.54) is 0 Å². The van der Waals surface area contributed by atoms with Crippen LogP contribution in [0.25, 0.3) is 11.3 Å². The van der Waals surface area contributed by atoms with Crippen molar-refractivity contribution in [2.75, 3.05) is 25.6 Å². The highest BCUT2D eigenvalue weighted by Crippen LogP contribution is 2.17. The maximum Gasteiger partial charge on any atom is 0.129 e. The summed E-state index contributed by atoms with van der Waals surface area (Å²) in [5.41, 5.74) is 2.03. The van der Waals surface area contributed by atoms with Gasteiger partial charge in [0.25, 0.3) is 0 Å². The first-order valence-electron chi connectivity index (χ1n) is 6.00. The molecule has 0 aliphatic carbocycles. The second kappa shape index (κ2) is 6.71. The number of hydrogen-bond acceptors (Lipinski definition) is 4. The Kier molecular flexibility index (Phi) is 4.67. The van der Waals surface area contributed by atoms with Gasteiger partial charge in [0.1, 0.15) is 12.1 Å². The monoisotopic (exact) mass is 243 g/mol. The molecular formula is C14H17N3O. The van der Waals surface area contributed by atoms with Crippen LogP contribution in [0, 0.1) is 0 Å². The minimum atomic E-state index is 0.754. The molecule has 1 aromatic carbocycles. The second-order valence-electron chi connectivity index (χ2n) is 3.93. The zero-order chi connectivity index (χ0) is 12.6. The highest BCUT2D eigenvalue weighted by molar-refractivity contribution is 5.61. The van der Waals surface area contributed by atoms with Crippen LogP contribution in [-0.2, 0) is 4.74 Å². The Hall–Kier alpha value is -1.94. The van der Waals surface area contributed by atoms with Crippen molar-refractivity contribution in [3.05, 3.63) is 42.7 Å². The summed E-state index contributed by atoms with van der Waals surface area (Å²) in [7, 11) is 1.71. The molecule has 0 aliphatic rings. The summed E-state index contributed by atoms with van der Waals surface area (Å²) >= 11 is 0. The van der Waals surface area contributed by atoms with E-state index in [2.05, 4.69) is 15.3 Å². The summed E-state index contributed by atoms with van der Waals surface area (Å²) in [6.07, 6.45) is 2.54. The summed E-state index contributed by atoms with van der Waals surface area (Å²) in [6.45, 7) is 1.60. The van der Waals surface area contributed by atoms with Gasteiger partial charge in [-0.1, -0.05) is 30.3 Å². The number of nitrogens with one attached hydrogen (secondary N) is 1. The molecule has 1 aromatic heterocycles. The number of methoxy groups -OCH3 is 1. The largest absolute Gasteiger partial charge is 0.385 e. The Morgan fingerprint density at radius 1 is 1.17 bits per heavy atom. The normalized spacial score (nSPS) is 10.3. The second-order valence-corrected chi connectivity index (χ2v) is 3.93. The van der Waals surface area contributed by atoms with Crippen molar-refractivity contribution in [1.29, 1.82) is 0 Å². The van der Waals surface area contributed by atoms with E-state index in [4.69, 9.17) is 4.74 Å². The third kappa shape index (κ3) is 3.53. The third-order valence-electron chi connectivity index (χ3n) is 2.57. The molecule has 0 aliphatic heterocycles. The molecule has 0 amide bonds. The molecule has 0 radical (unpaired) electrons. The lowest BCUT2D eigenvalue weighted by Gasteiger charge is -2.06. The number of nitrogens with zero attached hydrogens (tertiary/aromatic N) is 2. The number of anilines is 1. The van der Waals surface area contributed by atoms with Crippen LogP contribution >= 0.6 is 0 Å². The summed E-state index contributed by atoms with van der Waals surface area (Å²) in [6, 6.07) is 12.0. The summed E-state index contributed by atoms with van der Waals surface area (Å²) in [4.78, 5) is 8.48. The molecule has 0 saturated carbocycles. The Morgan fingerprint density at radius 3 is 2.78 bits per heavy atom. The van der Waals surface area contributed by atoms with Crippen LogP contribution in [-0.4, -0.2) is 30.2 Å². The fourth-order valence-corrected chi connectivity index (χ4v) is 1.65. The predicted molar refractivity (Wildman–Crippen MR) is 72.5 cm³/mol. The SMILES string of the molecule is COCCCNc1cc(-c2ccccc2)ncn1. The van der Waals surface area contributed by atoms with Crippen molar-refractivity contribution in [3.63, 3.8) is 0 Å². The van der Waals surface area contributed by atoms with Gasteiger partial charge in [0, 0.05) is 31.9 Å². The third-order valence-corrected chi connectivity index (χ3v) is 2.57. The standard InChI is InChI=1S/C14H17N3O/c1-18-9-5-8-15-14-10-13(16-11-17-14)12-6-3-2-4-7-12/h2-4,6-7,10-11H,5,8-9H2,1H3,(H,15,16,17). The van der Waals surface area contributed by atoms with Crippen LogP contribution in [0.5, 0.6) is 0 Å². The summed E-state index contributed by atoms with van der Waals surface area (Å²) in [5, 5.41) is 3.26. The first-order valence-corrected chi connectivity index (χ1v) is 6.00. The molecule has 94 valence electrons. The van der Waals surface area contributed by atoms with E-state index in [1.54, 1.807) is 13.4 Å². The molecule has 2 aromatic rings. The number of ether oxygens (including phenoxy) is 1. The molecule has 0 saturated heterocycles. The van der Waals surface area contributed by atoms with Gasteiger partial charge in [-0.15, -0.1) is 0 Å². The molecule has 0 fully saturated rings. The Balaban J connectivity index is 2.02. The Morgan fingerprint density at radius 2 is 2.00 bits per heavy atom. The van der Waals surface area contributed by atoms with Gasteiger partial charge in [-0.2, -0.15) is 0 Å². The topological polar surface area (TPSA) is 47.0 Å². The lowest BCUT2D eigenvalue weighted by atomic mass is 10.1. The number of hydrogen-bond donors (Lipinski definition) is 1. The maximum absolute atomic E-state index is 5.00. The summed E-state index contributed by atoms with van der Waals surface area (Å²) in [5.74, 6) is 0.847. The van der Waals surface area contributed by atoms with Gasteiger partial charge in [-0.05, 0) is 6.42 Å². The zero-order valence-corrected chi connectivity index (χ0v) is 10.5. The molecule has 0 unspecified atom stereocenters. The Bertz CT molecular complexity index is 473. The smallest absolute Gasteiger partial charge is 0.129 e. The highest BCUT2D eigenvalue weighted by Gasteiger charge is 2.00. The van der Waals surface area contributed by atoms with Crippen LogP contribution in [0.1, 0.15) is 6.42 Å². The lowest BCUT2D eigenvalue weighted by molar-refractivity contribution is 0.198. The molecule has 0 bridgehead atoms. The van der Waals surface area contributed by atoms with E-state index in [0.717, 1.165) is 36.6 Å². The van der Waals surface area contributed by atoms with E-state index in [1.807, 2.05) is 36.4 Å². The minimum Gasteiger partial charge on any atom is -0.385 e. The number of benzene rings is 1. The van der Waals surface area contributed by atoms with Gasteiger partial charge < -0.3 is 10.1 Å². The lowest BCUT2D eigenvalue weighted by Crippen LogP contribution is -2.06. The Labute approximate surface area is 107 Å². The van der Waals surface area contributed by atoms with Gasteiger partial charge in [0.05, 0.1) is 5.69 Å². The van der Waals surface area contributed by atoms with Crippen molar-refractivity contribution in [3.8, 4) is 11.3 Å². The van der Waals surface area contributed by atoms with E-state index >= 15 is 0 Å². The number of rotatable bonds is 6. The van der Waals surface area contributed by atoms with Crippen molar-refractivity contribution in [2.45, 2.75) is 6.42 Å². The minimum absolute atomic E-state index is 0.754. The molecule has 4 heteroatoms. The average Bonchev–Trinajstić information content (AvgIpc) is 2.45. The first kappa shape index (κ1) is 12.5. The van der Waals surface area contributed by atoms with Crippen molar-refractivity contribution in [1.82, 2.24) is 9.97 Å². The maximum atomic E-state index is 5.00. The fourth-order valence-electron chi connectivity index (χ4n) is 1.65. The van der Waals surface area contributed by atoms with E-state index in [9.17, 15) is 0 Å². The van der Waals surface area contributed by atoms with Crippen molar-refractivity contribution in [2.24, 2.45) is 0 Å². The van der Waals surface area contributed by atoms with E-state index < -0.39 is 0 Å². The number of aromatic nitrogens is 2. The molecule has 0 atom stereocenters. The molecule has 18 heavy (non-hydrogen) atoms. The van der Waals surface area contributed by atoms with Crippen LogP contribution in [0.15, 0.2) is 42.7 Å². The first-order chi connectivity index (χ1) is 8.90.